The number of nitrogens with zero attached hydrogens (tertiary/aromatic N) is 1. The van der Waals surface area contributed by atoms with Crippen molar-refractivity contribution in [3.05, 3.63) is 40.8 Å². The molecule has 4 N–H and O–H groups in total. The van der Waals surface area contributed by atoms with Gasteiger partial charge in [-0.3, -0.25) is 4.79 Å². The summed E-state index contributed by atoms with van der Waals surface area (Å²) in [5.41, 5.74) is 10.0. The Morgan fingerprint density at radius 2 is 1.93 bits per heavy atom. The van der Waals surface area contributed by atoms with Crippen LogP contribution in [0.15, 0.2) is 27.7 Å². The molecule has 2 heterocycles. The molecule has 0 saturated carbocycles. The highest BCUT2D eigenvalue weighted by molar-refractivity contribution is 6.09. The lowest BCUT2D eigenvalue weighted by molar-refractivity contribution is 0.0994. The van der Waals surface area contributed by atoms with Gasteiger partial charge in [-0.1, -0.05) is 0 Å². The van der Waals surface area contributed by atoms with Gasteiger partial charge in [0.15, 0.2) is 17.3 Å². The molecular weight excluding hydrogens is 364 g/mol. The van der Waals surface area contributed by atoms with Crippen molar-refractivity contribution in [1.82, 2.24) is 5.43 Å². The van der Waals surface area contributed by atoms with Crippen LogP contribution in [0.3, 0.4) is 0 Å². The molecule has 0 bridgehead atoms. The van der Waals surface area contributed by atoms with Crippen LogP contribution in [0, 0.1) is 6.92 Å². The van der Waals surface area contributed by atoms with E-state index in [0.29, 0.717) is 60.3 Å². The number of nitrogens with two attached hydrogens (primary N) is 1. The fraction of sp³-hybridized carbons (Fsp3) is 0.316. The number of furan rings is 1. The predicted octanol–water partition coefficient (Wildman–Crippen LogP) is 2.32. The van der Waals surface area contributed by atoms with E-state index in [9.17, 15) is 9.59 Å². The number of ether oxygens (including phenoxy) is 2. The van der Waals surface area contributed by atoms with Crippen LogP contribution < -0.4 is 25.9 Å². The molecule has 0 atom stereocenters. The molecule has 28 heavy (non-hydrogen) atoms. The average molecular weight is 384 g/mol. The maximum absolute atomic E-state index is 12.8. The summed E-state index contributed by atoms with van der Waals surface area (Å²) in [5, 5.41) is 6.89. The number of anilines is 1. The number of hydrogen-bond acceptors (Lipinski definition) is 6. The highest BCUT2D eigenvalue weighted by atomic mass is 16.6. The van der Waals surface area contributed by atoms with E-state index in [2.05, 4.69) is 15.8 Å². The number of hydrogen-bond donors (Lipinski definition) is 3. The van der Waals surface area contributed by atoms with Crippen molar-refractivity contribution in [2.45, 2.75) is 26.2 Å². The maximum Gasteiger partial charge on any atom is 0.332 e. The van der Waals surface area contributed by atoms with Crippen LogP contribution in [-0.2, 0) is 6.42 Å². The molecule has 9 nitrogen and oxygen atoms in total. The monoisotopic (exact) mass is 384 g/mol. The fourth-order valence-electron chi connectivity index (χ4n) is 3.43. The number of nitrogens with one attached hydrogen (secondary N) is 2. The van der Waals surface area contributed by atoms with Crippen LogP contribution in [0.1, 0.15) is 40.3 Å². The molecule has 0 fully saturated rings. The SMILES string of the molecule is Cc1c(C(=O)Nc2ccc3c(c2)OCCO3)oc2c1/C(=N/NC(N)=O)CCC2. The van der Waals surface area contributed by atoms with Gasteiger partial charge in [0.25, 0.3) is 5.91 Å². The fourth-order valence-corrected chi connectivity index (χ4v) is 3.43. The number of hydrazone groups is 1. The van der Waals surface area contributed by atoms with E-state index in [0.717, 1.165) is 12.0 Å². The number of carbonyl (C=O) groups excluding carboxylic acids is 2. The number of aryl methyl sites for hydroxylation is 1. The van der Waals surface area contributed by atoms with E-state index in [1.807, 2.05) is 0 Å². The maximum atomic E-state index is 12.8. The van der Waals surface area contributed by atoms with Crippen molar-refractivity contribution < 1.29 is 23.5 Å². The second kappa shape index (κ2) is 7.26. The van der Waals surface area contributed by atoms with E-state index < -0.39 is 6.03 Å². The Morgan fingerprint density at radius 3 is 2.71 bits per heavy atom. The minimum atomic E-state index is -0.739. The number of benzene rings is 1. The second-order valence-corrected chi connectivity index (χ2v) is 6.56. The summed E-state index contributed by atoms with van der Waals surface area (Å²) in [5.74, 6) is 1.77. The van der Waals surface area contributed by atoms with Crippen LogP contribution >= 0.6 is 0 Å². The molecule has 1 aromatic heterocycles. The molecule has 2 aromatic rings. The molecule has 1 aromatic carbocycles. The van der Waals surface area contributed by atoms with Crippen LogP contribution in [0.4, 0.5) is 10.5 Å². The van der Waals surface area contributed by atoms with Gasteiger partial charge in [-0.05, 0) is 31.9 Å². The summed E-state index contributed by atoms with van der Waals surface area (Å²) < 4.78 is 16.9. The molecule has 0 radical (unpaired) electrons. The highest BCUT2D eigenvalue weighted by Gasteiger charge is 2.28. The standard InChI is InChI=1S/C19H20N4O5/c1-10-16-12(22-23-19(20)25)3-2-4-14(16)28-17(10)18(24)21-11-5-6-13-15(9-11)27-8-7-26-13/h5-6,9H,2-4,7-8H2,1H3,(H,21,24)(H3,20,23,25)/b22-12+. The van der Waals surface area contributed by atoms with E-state index in [-0.39, 0.29) is 11.7 Å². The second-order valence-electron chi connectivity index (χ2n) is 6.56. The van der Waals surface area contributed by atoms with E-state index in [1.54, 1.807) is 25.1 Å². The smallest absolute Gasteiger partial charge is 0.332 e. The molecule has 0 unspecified atom stereocenters. The Morgan fingerprint density at radius 1 is 1.14 bits per heavy atom. The lowest BCUT2D eigenvalue weighted by atomic mass is 9.93. The molecule has 146 valence electrons. The highest BCUT2D eigenvalue weighted by Crippen LogP contribution is 2.34. The zero-order chi connectivity index (χ0) is 19.7. The Labute approximate surface area is 160 Å². The number of amides is 3. The number of primary amides is 1. The van der Waals surface area contributed by atoms with Gasteiger partial charge >= 0.3 is 6.03 Å². The summed E-state index contributed by atoms with van der Waals surface area (Å²) in [4.78, 5) is 23.7. The van der Waals surface area contributed by atoms with Gasteiger partial charge < -0.3 is 24.9 Å². The quantitative estimate of drug-likeness (QED) is 0.700. The Kier molecular flexibility index (Phi) is 4.64. The molecule has 4 rings (SSSR count). The van der Waals surface area contributed by atoms with Gasteiger partial charge in [-0.15, -0.1) is 0 Å². The van der Waals surface area contributed by atoms with E-state index in [1.165, 1.54) is 0 Å². The first kappa shape index (κ1) is 17.9. The molecule has 2 aliphatic rings. The van der Waals surface area contributed by atoms with Crippen molar-refractivity contribution in [2.75, 3.05) is 18.5 Å². The molecule has 1 aliphatic carbocycles. The van der Waals surface area contributed by atoms with Crippen molar-refractivity contribution >= 4 is 23.3 Å². The van der Waals surface area contributed by atoms with Crippen molar-refractivity contribution in [3.8, 4) is 11.5 Å². The Bertz CT molecular complexity index is 979. The third kappa shape index (κ3) is 3.38. The van der Waals surface area contributed by atoms with Gasteiger partial charge in [-0.2, -0.15) is 5.10 Å². The van der Waals surface area contributed by atoms with E-state index >= 15 is 0 Å². The third-order valence-corrected chi connectivity index (χ3v) is 4.63. The lowest BCUT2D eigenvalue weighted by Gasteiger charge is -2.18. The molecular formula is C19H20N4O5. The molecule has 0 spiro atoms. The van der Waals surface area contributed by atoms with Crippen LogP contribution in [0.2, 0.25) is 0 Å². The van der Waals surface area contributed by atoms with Gasteiger partial charge in [0.2, 0.25) is 0 Å². The Hall–Kier alpha value is -3.49. The van der Waals surface area contributed by atoms with Crippen molar-refractivity contribution in [2.24, 2.45) is 10.8 Å². The zero-order valence-electron chi connectivity index (χ0n) is 15.3. The molecule has 0 saturated heterocycles. The average Bonchev–Trinajstić information content (AvgIpc) is 3.03. The normalized spacial score (nSPS) is 16.4. The third-order valence-electron chi connectivity index (χ3n) is 4.63. The number of carbonyl (C=O) groups is 2. The van der Waals surface area contributed by atoms with Gasteiger partial charge in [-0.25, -0.2) is 10.2 Å². The summed E-state index contributed by atoms with van der Waals surface area (Å²) in [6.45, 7) is 2.77. The van der Waals surface area contributed by atoms with Crippen molar-refractivity contribution in [1.29, 1.82) is 0 Å². The molecule has 9 heteroatoms. The van der Waals surface area contributed by atoms with Crippen molar-refractivity contribution in [3.63, 3.8) is 0 Å². The first-order valence-corrected chi connectivity index (χ1v) is 8.98. The van der Waals surface area contributed by atoms with Crippen LogP contribution in [0.25, 0.3) is 0 Å². The van der Waals surface area contributed by atoms with E-state index in [4.69, 9.17) is 19.6 Å². The van der Waals surface area contributed by atoms with Gasteiger partial charge in [0.05, 0.1) is 5.71 Å². The number of fused-ring (bicyclic) bond motifs is 2. The summed E-state index contributed by atoms with van der Waals surface area (Å²) in [6.07, 6.45) is 2.17. The largest absolute Gasteiger partial charge is 0.486 e. The first-order valence-electron chi connectivity index (χ1n) is 8.98. The zero-order valence-corrected chi connectivity index (χ0v) is 15.3. The molecule has 1 aliphatic heterocycles. The minimum absolute atomic E-state index is 0.216. The summed E-state index contributed by atoms with van der Waals surface area (Å²) in [7, 11) is 0. The number of rotatable bonds is 3. The van der Waals surface area contributed by atoms with Crippen LogP contribution in [-0.4, -0.2) is 30.9 Å². The number of urea groups is 1. The minimum Gasteiger partial charge on any atom is -0.486 e. The summed E-state index contributed by atoms with van der Waals surface area (Å²) >= 11 is 0. The summed E-state index contributed by atoms with van der Waals surface area (Å²) in [6, 6.07) is 4.48. The predicted molar refractivity (Wildman–Crippen MR) is 101 cm³/mol. The van der Waals surface area contributed by atoms with Crippen LogP contribution in [0.5, 0.6) is 11.5 Å². The molecule has 3 amide bonds. The Balaban J connectivity index is 1.59. The van der Waals surface area contributed by atoms with Gasteiger partial charge in [0, 0.05) is 29.3 Å². The lowest BCUT2D eigenvalue weighted by Crippen LogP contribution is -2.27. The first-order chi connectivity index (χ1) is 13.5. The topological polar surface area (TPSA) is 128 Å². The van der Waals surface area contributed by atoms with Gasteiger partial charge in [0.1, 0.15) is 19.0 Å².